The molecule has 0 aliphatic rings. The molecule has 0 aromatic carbocycles. The molecular weight excluding hydrogens is 243 g/mol. The van der Waals surface area contributed by atoms with E-state index in [1.165, 1.54) is 51.4 Å². The van der Waals surface area contributed by atoms with Crippen LogP contribution in [0.15, 0.2) is 0 Å². The summed E-state index contributed by atoms with van der Waals surface area (Å²) in [6, 6.07) is 0. The number of hydrogen-bond donors (Lipinski definition) is 0. The van der Waals surface area contributed by atoms with Gasteiger partial charge in [0.05, 0.1) is 6.61 Å². The van der Waals surface area contributed by atoms with Crippen molar-refractivity contribution in [3.05, 3.63) is 0 Å². The number of unbranched alkanes of at least 4 members (excludes halogenated alkanes) is 8. The summed E-state index contributed by atoms with van der Waals surface area (Å²) in [7, 11) is -2.30. The Morgan fingerprint density at radius 2 is 1.28 bits per heavy atom. The van der Waals surface area contributed by atoms with Crippen molar-refractivity contribution in [1.82, 2.24) is 0 Å². The third-order valence-corrected chi connectivity index (χ3v) is 5.14. The highest BCUT2D eigenvalue weighted by atomic mass is 31.2. The molecule has 3 heteroatoms. The van der Waals surface area contributed by atoms with Crippen LogP contribution in [0.4, 0.5) is 0 Å². The van der Waals surface area contributed by atoms with Crippen molar-refractivity contribution < 1.29 is 9.09 Å². The van der Waals surface area contributed by atoms with E-state index in [2.05, 4.69) is 13.8 Å². The lowest BCUT2D eigenvalue weighted by Crippen LogP contribution is -1.97. The summed E-state index contributed by atoms with van der Waals surface area (Å²) in [5.74, 6) is 0. The van der Waals surface area contributed by atoms with Crippen LogP contribution < -0.4 is 0 Å². The zero-order valence-corrected chi connectivity index (χ0v) is 13.6. The predicted octanol–water partition coefficient (Wildman–Crippen LogP) is 5.85. The molecule has 0 N–H and O–H groups in total. The molecule has 0 aromatic heterocycles. The topological polar surface area (TPSA) is 26.3 Å². The summed E-state index contributed by atoms with van der Waals surface area (Å²) in [5.41, 5.74) is 0. The molecule has 0 spiro atoms. The van der Waals surface area contributed by atoms with Gasteiger partial charge in [0, 0.05) is 12.8 Å². The standard InChI is InChI=1S/C15H33O2P/c1-4-6-8-10-11-13-15-18(3,16)17-14-12-9-7-5-2/h4-15H2,1-3H3. The molecule has 0 aromatic rings. The maximum atomic E-state index is 12.1. The lowest BCUT2D eigenvalue weighted by atomic mass is 10.1. The molecule has 0 aliphatic carbocycles. The van der Waals surface area contributed by atoms with Gasteiger partial charge in [-0.25, -0.2) is 0 Å². The van der Waals surface area contributed by atoms with E-state index in [1.807, 2.05) is 0 Å². The monoisotopic (exact) mass is 276 g/mol. The Kier molecular flexibility index (Phi) is 12.4. The second-order valence-corrected chi connectivity index (χ2v) is 8.13. The highest BCUT2D eigenvalue weighted by Gasteiger charge is 2.14. The van der Waals surface area contributed by atoms with E-state index in [4.69, 9.17) is 4.52 Å². The molecule has 0 heterocycles. The van der Waals surface area contributed by atoms with Crippen LogP contribution in [0, 0.1) is 0 Å². The zero-order valence-electron chi connectivity index (χ0n) is 12.7. The van der Waals surface area contributed by atoms with Crippen molar-refractivity contribution in [2.45, 2.75) is 78.1 Å². The molecule has 0 bridgehead atoms. The average molecular weight is 276 g/mol. The Bertz CT molecular complexity index is 217. The maximum Gasteiger partial charge on any atom is 0.200 e. The van der Waals surface area contributed by atoms with E-state index >= 15 is 0 Å². The zero-order chi connectivity index (χ0) is 13.7. The van der Waals surface area contributed by atoms with Gasteiger partial charge in [-0.3, -0.25) is 4.57 Å². The van der Waals surface area contributed by atoms with Crippen LogP contribution in [0.5, 0.6) is 0 Å². The van der Waals surface area contributed by atoms with Crippen molar-refractivity contribution >= 4 is 7.37 Å². The molecule has 1 atom stereocenters. The van der Waals surface area contributed by atoms with Gasteiger partial charge in [0.15, 0.2) is 7.37 Å². The minimum absolute atomic E-state index is 0.684. The fourth-order valence-electron chi connectivity index (χ4n) is 2.03. The first kappa shape index (κ1) is 18.2. The minimum Gasteiger partial charge on any atom is -0.329 e. The van der Waals surface area contributed by atoms with Crippen LogP contribution in [0.25, 0.3) is 0 Å². The lowest BCUT2D eigenvalue weighted by Gasteiger charge is -2.13. The molecule has 0 saturated heterocycles. The summed E-state index contributed by atoms with van der Waals surface area (Å²) < 4.78 is 17.7. The molecular formula is C15H33O2P. The molecule has 0 aliphatic heterocycles. The largest absolute Gasteiger partial charge is 0.329 e. The highest BCUT2D eigenvalue weighted by molar-refractivity contribution is 7.58. The van der Waals surface area contributed by atoms with Crippen LogP contribution >= 0.6 is 7.37 Å². The van der Waals surface area contributed by atoms with Crippen LogP contribution in [-0.2, 0) is 9.09 Å². The second kappa shape index (κ2) is 12.2. The van der Waals surface area contributed by atoms with Gasteiger partial charge in [0.1, 0.15) is 0 Å². The predicted molar refractivity (Wildman–Crippen MR) is 81.9 cm³/mol. The van der Waals surface area contributed by atoms with E-state index < -0.39 is 7.37 Å². The van der Waals surface area contributed by atoms with E-state index in [0.717, 1.165) is 19.0 Å². The van der Waals surface area contributed by atoms with Gasteiger partial charge in [-0.05, 0) is 12.8 Å². The fourth-order valence-corrected chi connectivity index (χ4v) is 3.47. The molecule has 110 valence electrons. The first-order chi connectivity index (χ1) is 8.62. The molecule has 0 radical (unpaired) electrons. The summed E-state index contributed by atoms with van der Waals surface area (Å²) in [6.45, 7) is 6.92. The molecule has 1 unspecified atom stereocenters. The van der Waals surface area contributed by atoms with Crippen molar-refractivity contribution in [3.8, 4) is 0 Å². The van der Waals surface area contributed by atoms with Crippen molar-refractivity contribution in [1.29, 1.82) is 0 Å². The molecule has 0 saturated carbocycles. The van der Waals surface area contributed by atoms with E-state index in [-0.39, 0.29) is 0 Å². The highest BCUT2D eigenvalue weighted by Crippen LogP contribution is 2.43. The Balaban J connectivity index is 3.40. The maximum absolute atomic E-state index is 12.1. The van der Waals surface area contributed by atoms with Crippen LogP contribution in [0.1, 0.15) is 78.1 Å². The molecule has 18 heavy (non-hydrogen) atoms. The smallest absolute Gasteiger partial charge is 0.200 e. The van der Waals surface area contributed by atoms with E-state index in [9.17, 15) is 4.57 Å². The Morgan fingerprint density at radius 3 is 1.89 bits per heavy atom. The van der Waals surface area contributed by atoms with Gasteiger partial charge < -0.3 is 4.52 Å². The van der Waals surface area contributed by atoms with Gasteiger partial charge in [-0.1, -0.05) is 65.2 Å². The molecule has 0 amide bonds. The third kappa shape index (κ3) is 12.6. The normalized spacial score (nSPS) is 14.6. The average Bonchev–Trinajstić information content (AvgIpc) is 2.33. The van der Waals surface area contributed by atoms with Crippen molar-refractivity contribution in [2.75, 3.05) is 19.4 Å². The SMILES string of the molecule is CCCCCCCCP(C)(=O)OCCCCCC. The first-order valence-electron chi connectivity index (χ1n) is 7.83. The third-order valence-electron chi connectivity index (χ3n) is 3.28. The summed E-state index contributed by atoms with van der Waals surface area (Å²) in [5, 5.41) is 0. The second-order valence-electron chi connectivity index (χ2n) is 5.40. The molecule has 0 rings (SSSR count). The molecule has 2 nitrogen and oxygen atoms in total. The summed E-state index contributed by atoms with van der Waals surface area (Å²) in [6.07, 6.45) is 13.0. The van der Waals surface area contributed by atoms with E-state index in [1.54, 1.807) is 6.66 Å². The quantitative estimate of drug-likeness (QED) is 0.311. The Hall–Kier alpha value is 0.190. The van der Waals surface area contributed by atoms with Crippen LogP contribution in [0.3, 0.4) is 0 Å². The lowest BCUT2D eigenvalue weighted by molar-refractivity contribution is 0.304. The molecule has 0 fully saturated rings. The van der Waals surface area contributed by atoms with Crippen molar-refractivity contribution in [2.24, 2.45) is 0 Å². The summed E-state index contributed by atoms with van der Waals surface area (Å²) >= 11 is 0. The van der Waals surface area contributed by atoms with Gasteiger partial charge in [0.2, 0.25) is 0 Å². The Labute approximate surface area is 114 Å². The minimum atomic E-state index is -2.30. The van der Waals surface area contributed by atoms with Gasteiger partial charge in [0.25, 0.3) is 0 Å². The van der Waals surface area contributed by atoms with Gasteiger partial charge in [-0.2, -0.15) is 0 Å². The van der Waals surface area contributed by atoms with Crippen LogP contribution in [-0.4, -0.2) is 19.4 Å². The number of rotatable bonds is 13. The summed E-state index contributed by atoms with van der Waals surface area (Å²) in [4.78, 5) is 0. The van der Waals surface area contributed by atoms with Crippen molar-refractivity contribution in [3.63, 3.8) is 0 Å². The number of hydrogen-bond acceptors (Lipinski definition) is 2. The van der Waals surface area contributed by atoms with Gasteiger partial charge >= 0.3 is 0 Å². The van der Waals surface area contributed by atoms with E-state index in [0.29, 0.717) is 6.61 Å². The van der Waals surface area contributed by atoms with Gasteiger partial charge in [-0.15, -0.1) is 0 Å². The Morgan fingerprint density at radius 1 is 0.778 bits per heavy atom. The van der Waals surface area contributed by atoms with Crippen LogP contribution in [0.2, 0.25) is 0 Å². The first-order valence-corrected chi connectivity index (χ1v) is 10.1. The fraction of sp³-hybridized carbons (Fsp3) is 1.00.